The van der Waals surface area contributed by atoms with Crippen molar-refractivity contribution in [2.75, 3.05) is 31.8 Å². The number of hydrogen-bond acceptors (Lipinski definition) is 4. The van der Waals surface area contributed by atoms with Crippen molar-refractivity contribution in [2.24, 2.45) is 0 Å². The molecule has 4 nitrogen and oxygen atoms in total. The molecule has 0 atom stereocenters. The zero-order valence-corrected chi connectivity index (χ0v) is 9.23. The second kappa shape index (κ2) is 5.58. The van der Waals surface area contributed by atoms with E-state index in [1.165, 1.54) is 11.8 Å². The Bertz CT molecular complexity index is 192. The summed E-state index contributed by atoms with van der Waals surface area (Å²) < 4.78 is 5.14. The Balaban J connectivity index is 2.24. The van der Waals surface area contributed by atoms with Crippen LogP contribution in [0.2, 0.25) is 0 Å². The average molecular weight is 219 g/mol. The van der Waals surface area contributed by atoms with Crippen LogP contribution in [0.3, 0.4) is 0 Å². The quantitative estimate of drug-likeness (QED) is 0.699. The highest BCUT2D eigenvalue weighted by Crippen LogP contribution is 2.19. The summed E-state index contributed by atoms with van der Waals surface area (Å²) in [7, 11) is 0. The molecule has 0 bridgehead atoms. The van der Waals surface area contributed by atoms with Crippen LogP contribution in [0.25, 0.3) is 0 Å². The van der Waals surface area contributed by atoms with Crippen molar-refractivity contribution in [1.29, 1.82) is 0 Å². The van der Waals surface area contributed by atoms with Gasteiger partial charge < -0.3 is 15.2 Å². The molecule has 0 aliphatic carbocycles. The third-order valence-electron chi connectivity index (χ3n) is 2.31. The van der Waals surface area contributed by atoms with Crippen LogP contribution in [0.15, 0.2) is 0 Å². The van der Waals surface area contributed by atoms with Crippen molar-refractivity contribution < 1.29 is 14.6 Å². The summed E-state index contributed by atoms with van der Waals surface area (Å²) in [5.74, 6) is 0.435. The fourth-order valence-electron chi connectivity index (χ4n) is 1.37. The van der Waals surface area contributed by atoms with Gasteiger partial charge in [0.2, 0.25) is 5.91 Å². The molecule has 0 radical (unpaired) electrons. The molecule has 5 heteroatoms. The molecule has 82 valence electrons. The first-order valence-corrected chi connectivity index (χ1v) is 6.11. The summed E-state index contributed by atoms with van der Waals surface area (Å²) >= 11 is 1.48. The van der Waals surface area contributed by atoms with E-state index >= 15 is 0 Å². The number of hydrogen-bond donors (Lipinski definition) is 2. The maximum atomic E-state index is 11.2. The lowest BCUT2D eigenvalue weighted by Gasteiger charge is -2.32. The van der Waals surface area contributed by atoms with E-state index in [1.54, 1.807) is 0 Å². The minimum Gasteiger partial charge on any atom is -0.388 e. The van der Waals surface area contributed by atoms with Gasteiger partial charge in [-0.15, -0.1) is 0 Å². The lowest BCUT2D eigenvalue weighted by Crippen LogP contribution is -2.47. The van der Waals surface area contributed by atoms with Crippen LogP contribution >= 0.6 is 11.8 Å². The molecular weight excluding hydrogens is 202 g/mol. The number of thioether (sulfide) groups is 1. The summed E-state index contributed by atoms with van der Waals surface area (Å²) in [5.41, 5.74) is -0.758. The van der Waals surface area contributed by atoms with E-state index < -0.39 is 5.60 Å². The second-order valence-corrected chi connectivity index (χ2v) is 4.41. The predicted octanol–water partition coefficient (Wildman–Crippen LogP) is 0.00710. The summed E-state index contributed by atoms with van der Waals surface area (Å²) in [6, 6.07) is 0. The summed E-state index contributed by atoms with van der Waals surface area (Å²) in [4.78, 5) is 11.2. The third-order valence-corrected chi connectivity index (χ3v) is 2.86. The Morgan fingerprint density at radius 1 is 1.57 bits per heavy atom. The van der Waals surface area contributed by atoms with Crippen molar-refractivity contribution in [3.63, 3.8) is 0 Å². The molecule has 1 fully saturated rings. The molecule has 0 spiro atoms. The Hall–Kier alpha value is -0.260. The SMILES string of the molecule is CSCC(=O)NCC1(O)CCOCC1. The van der Waals surface area contributed by atoms with Crippen molar-refractivity contribution in [3.8, 4) is 0 Å². The molecule has 2 N–H and O–H groups in total. The molecule has 1 aliphatic rings. The van der Waals surface area contributed by atoms with E-state index in [9.17, 15) is 9.90 Å². The number of aliphatic hydroxyl groups is 1. The smallest absolute Gasteiger partial charge is 0.230 e. The van der Waals surface area contributed by atoms with E-state index in [4.69, 9.17) is 4.74 Å². The van der Waals surface area contributed by atoms with E-state index in [0.29, 0.717) is 38.4 Å². The minimum atomic E-state index is -0.758. The van der Waals surface area contributed by atoms with E-state index in [1.807, 2.05) is 6.26 Å². The fourth-order valence-corrected chi connectivity index (χ4v) is 1.74. The summed E-state index contributed by atoms with van der Waals surface area (Å²) in [5, 5.41) is 12.7. The van der Waals surface area contributed by atoms with Crippen molar-refractivity contribution in [3.05, 3.63) is 0 Å². The lowest BCUT2D eigenvalue weighted by molar-refractivity contribution is -0.121. The number of ether oxygens (including phenoxy) is 1. The monoisotopic (exact) mass is 219 g/mol. The Kier molecular flexibility index (Phi) is 4.71. The molecule has 1 amide bonds. The number of rotatable bonds is 4. The zero-order valence-electron chi connectivity index (χ0n) is 8.41. The normalized spacial score (nSPS) is 20.4. The van der Waals surface area contributed by atoms with E-state index in [-0.39, 0.29) is 5.91 Å². The standard InChI is InChI=1S/C9H17NO3S/c1-14-6-8(11)10-7-9(12)2-4-13-5-3-9/h12H,2-7H2,1H3,(H,10,11). The van der Waals surface area contributed by atoms with Gasteiger partial charge >= 0.3 is 0 Å². The molecule has 1 rings (SSSR count). The maximum Gasteiger partial charge on any atom is 0.230 e. The molecule has 14 heavy (non-hydrogen) atoms. The molecule has 0 aromatic carbocycles. The maximum absolute atomic E-state index is 11.2. The molecule has 0 unspecified atom stereocenters. The molecule has 0 aromatic heterocycles. The highest BCUT2D eigenvalue weighted by atomic mass is 32.2. The topological polar surface area (TPSA) is 58.6 Å². The van der Waals surface area contributed by atoms with Crippen LogP contribution in [-0.4, -0.2) is 48.4 Å². The Labute approximate surface area is 88.4 Å². The number of carbonyl (C=O) groups is 1. The van der Waals surface area contributed by atoms with Crippen LogP contribution in [-0.2, 0) is 9.53 Å². The first-order valence-electron chi connectivity index (χ1n) is 4.72. The van der Waals surface area contributed by atoms with Crippen molar-refractivity contribution in [1.82, 2.24) is 5.32 Å². The molecular formula is C9H17NO3S. The minimum absolute atomic E-state index is 0.0163. The van der Waals surface area contributed by atoms with Crippen LogP contribution in [0.1, 0.15) is 12.8 Å². The Morgan fingerprint density at radius 2 is 2.21 bits per heavy atom. The Morgan fingerprint density at radius 3 is 2.79 bits per heavy atom. The highest BCUT2D eigenvalue weighted by Gasteiger charge is 2.29. The van der Waals surface area contributed by atoms with Crippen LogP contribution in [0, 0.1) is 0 Å². The summed E-state index contributed by atoms with van der Waals surface area (Å²) in [6.07, 6.45) is 3.09. The number of carbonyl (C=O) groups excluding carboxylic acids is 1. The van der Waals surface area contributed by atoms with Gasteiger partial charge in [-0.1, -0.05) is 0 Å². The first-order chi connectivity index (χ1) is 6.66. The van der Waals surface area contributed by atoms with E-state index in [0.717, 1.165) is 0 Å². The van der Waals surface area contributed by atoms with Gasteiger partial charge in [-0.05, 0) is 6.26 Å². The van der Waals surface area contributed by atoms with Crippen LogP contribution in [0.4, 0.5) is 0 Å². The lowest BCUT2D eigenvalue weighted by atomic mass is 9.94. The summed E-state index contributed by atoms with van der Waals surface area (Å²) in [6.45, 7) is 1.50. The van der Waals surface area contributed by atoms with Gasteiger partial charge in [-0.25, -0.2) is 0 Å². The van der Waals surface area contributed by atoms with Gasteiger partial charge in [0.25, 0.3) is 0 Å². The van der Waals surface area contributed by atoms with Crippen LogP contribution < -0.4 is 5.32 Å². The first kappa shape index (κ1) is 11.8. The highest BCUT2D eigenvalue weighted by molar-refractivity contribution is 7.99. The third kappa shape index (κ3) is 3.86. The average Bonchev–Trinajstić information content (AvgIpc) is 2.17. The molecule has 1 heterocycles. The molecule has 1 saturated heterocycles. The van der Waals surface area contributed by atoms with Crippen molar-refractivity contribution in [2.45, 2.75) is 18.4 Å². The van der Waals surface area contributed by atoms with Gasteiger partial charge in [0.05, 0.1) is 11.4 Å². The van der Waals surface area contributed by atoms with Crippen LogP contribution in [0.5, 0.6) is 0 Å². The van der Waals surface area contributed by atoms with Gasteiger partial charge in [0.1, 0.15) is 0 Å². The van der Waals surface area contributed by atoms with Gasteiger partial charge in [0.15, 0.2) is 0 Å². The second-order valence-electron chi connectivity index (χ2n) is 3.55. The van der Waals surface area contributed by atoms with Crippen molar-refractivity contribution >= 4 is 17.7 Å². The number of nitrogens with one attached hydrogen (secondary N) is 1. The largest absolute Gasteiger partial charge is 0.388 e. The predicted molar refractivity (Wildman–Crippen MR) is 56.4 cm³/mol. The van der Waals surface area contributed by atoms with Gasteiger partial charge in [0, 0.05) is 32.6 Å². The number of amides is 1. The van der Waals surface area contributed by atoms with Gasteiger partial charge in [-0.2, -0.15) is 11.8 Å². The van der Waals surface area contributed by atoms with E-state index in [2.05, 4.69) is 5.32 Å². The van der Waals surface area contributed by atoms with Gasteiger partial charge in [-0.3, -0.25) is 4.79 Å². The zero-order chi connectivity index (χ0) is 10.4. The molecule has 0 saturated carbocycles. The molecule has 0 aromatic rings. The fraction of sp³-hybridized carbons (Fsp3) is 0.889. The molecule has 1 aliphatic heterocycles.